The first-order chi connectivity index (χ1) is 12.2. The maximum absolute atomic E-state index is 10.7. The summed E-state index contributed by atoms with van der Waals surface area (Å²) in [5, 5.41) is 12.0. The number of aromatic hydroxyl groups is 1. The van der Waals surface area contributed by atoms with Crippen LogP contribution < -0.4 is 0 Å². The largest absolute Gasteiger partial charge is 0.508 e. The molecule has 3 aromatic rings. The standard InChI is InChI=1S/C18H16OS.F6P/c19-15-10-8-14(9-11-15)18(12-20)17-7-3-5-13-4-1-2-6-16(13)17;1-7(2,3,4,5)6/h1-11,18-20H,12H2;/q;-1/p+1. The van der Waals surface area contributed by atoms with Crippen LogP contribution in [0.15, 0.2) is 66.7 Å². The summed E-state index contributed by atoms with van der Waals surface area (Å²) < 4.78 is 59.2. The Balaban J connectivity index is 0.000000321. The molecule has 0 spiro atoms. The number of hydrogen-bond donors (Lipinski definition) is 1. The number of rotatable bonds is 3. The third kappa shape index (κ3) is 7.69. The van der Waals surface area contributed by atoms with Crippen molar-refractivity contribution in [3.8, 4) is 5.75 Å². The molecule has 0 amide bonds. The normalized spacial score (nSPS) is 15.2. The molecule has 0 aliphatic rings. The van der Waals surface area contributed by atoms with Gasteiger partial charge in [-0.1, -0.05) is 54.6 Å². The van der Waals surface area contributed by atoms with Crippen molar-refractivity contribution in [2.24, 2.45) is 0 Å². The van der Waals surface area contributed by atoms with Gasteiger partial charge in [-0.15, -0.1) is 0 Å². The first-order valence-electron chi connectivity index (χ1n) is 7.72. The molecular formula is C18H17F6OPS. The summed E-state index contributed by atoms with van der Waals surface area (Å²) in [6.07, 6.45) is 0. The van der Waals surface area contributed by atoms with E-state index < -0.39 is 7.81 Å². The van der Waals surface area contributed by atoms with Gasteiger partial charge < -0.3 is 5.11 Å². The van der Waals surface area contributed by atoms with Crippen molar-refractivity contribution in [2.45, 2.75) is 5.92 Å². The van der Waals surface area contributed by atoms with E-state index in [1.165, 1.54) is 21.9 Å². The minimum absolute atomic E-state index is 0.276. The number of benzene rings is 3. The van der Waals surface area contributed by atoms with E-state index >= 15 is 0 Å². The summed E-state index contributed by atoms with van der Waals surface area (Å²) in [5.74, 6) is 1.43. The van der Waals surface area contributed by atoms with E-state index in [0.29, 0.717) is 5.75 Å². The Morgan fingerprint density at radius 2 is 1.30 bits per heavy atom. The fourth-order valence-electron chi connectivity index (χ4n) is 2.67. The fraction of sp³-hybridized carbons (Fsp3) is 0.111. The molecule has 3 aromatic carbocycles. The SMILES string of the molecule is F[P-](F)(F)(F)(F)F.Oc1ccc(C(C[SH2+])c2cccc3ccccc23)cc1. The van der Waals surface area contributed by atoms with Crippen LogP contribution in [0.2, 0.25) is 0 Å². The van der Waals surface area contributed by atoms with Crippen LogP contribution in [0.5, 0.6) is 5.75 Å². The molecule has 0 radical (unpaired) electrons. The molecule has 1 nitrogen and oxygen atoms in total. The Kier molecular flexibility index (Phi) is 5.47. The molecule has 0 fully saturated rings. The van der Waals surface area contributed by atoms with E-state index in [4.69, 9.17) is 0 Å². The van der Waals surface area contributed by atoms with Gasteiger partial charge in [0.2, 0.25) is 0 Å². The monoisotopic (exact) mass is 426 g/mol. The summed E-state index contributed by atoms with van der Waals surface area (Å²) in [4.78, 5) is 0. The Bertz CT molecular complexity index is 910. The van der Waals surface area contributed by atoms with Crippen LogP contribution in [0.4, 0.5) is 25.2 Å². The Hall–Kier alpha value is -1.92. The number of hydrogen-bond acceptors (Lipinski definition) is 1. The smallest absolute Gasteiger partial charge is 0.115 e. The Morgan fingerprint density at radius 3 is 1.85 bits per heavy atom. The summed E-state index contributed by atoms with van der Waals surface area (Å²) >= 11 is 3.68. The molecule has 0 saturated carbocycles. The maximum atomic E-state index is 9.87. The van der Waals surface area contributed by atoms with Crippen LogP contribution in [0.3, 0.4) is 0 Å². The van der Waals surface area contributed by atoms with Gasteiger partial charge in [0.25, 0.3) is 0 Å². The van der Waals surface area contributed by atoms with E-state index in [2.05, 4.69) is 55.1 Å². The molecule has 0 saturated heterocycles. The second kappa shape index (κ2) is 6.91. The molecule has 0 aliphatic heterocycles. The average Bonchev–Trinajstić information content (AvgIpc) is 2.55. The van der Waals surface area contributed by atoms with Crippen molar-refractivity contribution in [1.29, 1.82) is 0 Å². The van der Waals surface area contributed by atoms with Crippen molar-refractivity contribution in [3.05, 3.63) is 77.9 Å². The quantitative estimate of drug-likeness (QED) is 0.270. The van der Waals surface area contributed by atoms with Crippen LogP contribution in [-0.4, -0.2) is 10.9 Å². The van der Waals surface area contributed by atoms with E-state index in [1.54, 1.807) is 12.1 Å². The molecule has 0 aliphatic carbocycles. The molecule has 0 aromatic heterocycles. The molecule has 0 heterocycles. The van der Waals surface area contributed by atoms with Crippen molar-refractivity contribution in [3.63, 3.8) is 0 Å². The summed E-state index contributed by atoms with van der Waals surface area (Å²) in [5.41, 5.74) is 2.51. The van der Waals surface area contributed by atoms with Gasteiger partial charge in [-0.2, -0.15) is 0 Å². The van der Waals surface area contributed by atoms with Gasteiger partial charge in [0.1, 0.15) is 11.5 Å². The number of fused-ring (bicyclic) bond motifs is 1. The summed E-state index contributed by atoms with van der Waals surface area (Å²) in [6, 6.07) is 22.3. The Morgan fingerprint density at radius 1 is 0.778 bits per heavy atom. The zero-order valence-corrected chi connectivity index (χ0v) is 15.7. The van der Waals surface area contributed by atoms with Crippen molar-refractivity contribution >= 4 is 31.2 Å². The predicted molar refractivity (Wildman–Crippen MR) is 102 cm³/mol. The molecular weight excluding hydrogens is 409 g/mol. The van der Waals surface area contributed by atoms with Crippen molar-refractivity contribution in [1.82, 2.24) is 0 Å². The average molecular weight is 426 g/mol. The molecule has 3 rings (SSSR count). The van der Waals surface area contributed by atoms with Gasteiger partial charge in [0, 0.05) is 0 Å². The van der Waals surface area contributed by atoms with Crippen LogP contribution in [-0.2, 0) is 12.6 Å². The number of phenolic OH excluding ortho intramolecular Hbond substituents is 1. The van der Waals surface area contributed by atoms with Crippen LogP contribution >= 0.6 is 7.81 Å². The van der Waals surface area contributed by atoms with Gasteiger partial charge in [-0.25, -0.2) is 0 Å². The molecule has 1 N–H and O–H groups in total. The molecule has 1 atom stereocenters. The molecule has 9 heteroatoms. The molecule has 27 heavy (non-hydrogen) atoms. The summed E-state index contributed by atoms with van der Waals surface area (Å²) in [6.45, 7) is 0. The van der Waals surface area contributed by atoms with E-state index in [0.717, 1.165) is 5.75 Å². The van der Waals surface area contributed by atoms with Crippen molar-refractivity contribution < 1.29 is 30.3 Å². The minimum atomic E-state index is -10.7. The molecule has 148 valence electrons. The minimum Gasteiger partial charge on any atom is -0.508 e. The fourth-order valence-corrected chi connectivity index (χ4v) is 3.12. The van der Waals surface area contributed by atoms with E-state index in [-0.39, 0.29) is 5.92 Å². The number of halogens is 6. The molecule has 0 bridgehead atoms. The van der Waals surface area contributed by atoms with Gasteiger partial charge in [-0.05, 0) is 46.7 Å². The van der Waals surface area contributed by atoms with E-state index in [1.807, 2.05) is 12.1 Å². The second-order valence-electron chi connectivity index (χ2n) is 5.87. The van der Waals surface area contributed by atoms with Gasteiger partial charge >= 0.3 is 33.0 Å². The van der Waals surface area contributed by atoms with E-state index in [9.17, 15) is 30.3 Å². The van der Waals surface area contributed by atoms with Gasteiger partial charge in [0.05, 0.1) is 5.92 Å². The third-order valence-electron chi connectivity index (χ3n) is 3.70. The zero-order chi connectivity index (χ0) is 20.4. The zero-order valence-electron chi connectivity index (χ0n) is 13.8. The number of phenols is 1. The van der Waals surface area contributed by atoms with Crippen molar-refractivity contribution in [2.75, 3.05) is 5.75 Å². The first kappa shape index (κ1) is 21.4. The van der Waals surface area contributed by atoms with Crippen LogP contribution in [0.25, 0.3) is 10.8 Å². The van der Waals surface area contributed by atoms with Gasteiger partial charge in [0.15, 0.2) is 0 Å². The maximum Gasteiger partial charge on any atom is 0.115 e. The molecule has 1 unspecified atom stereocenters. The predicted octanol–water partition coefficient (Wildman–Crippen LogP) is 7.07. The third-order valence-corrected chi connectivity index (χ3v) is 4.11. The summed E-state index contributed by atoms with van der Waals surface area (Å²) in [7, 11) is -10.7. The van der Waals surface area contributed by atoms with Crippen LogP contribution in [0, 0.1) is 0 Å². The topological polar surface area (TPSA) is 20.2 Å². The Labute approximate surface area is 157 Å². The van der Waals surface area contributed by atoms with Gasteiger partial charge in [-0.3, -0.25) is 0 Å². The van der Waals surface area contributed by atoms with Crippen LogP contribution in [0.1, 0.15) is 17.0 Å². The second-order valence-corrected chi connectivity index (χ2v) is 8.20. The first-order valence-corrected chi connectivity index (χ1v) is 10.5.